The Morgan fingerprint density at radius 3 is 1.52 bits per heavy atom. The molecule has 2 aromatic heterocycles. The summed E-state index contributed by atoms with van der Waals surface area (Å²) in [5.74, 6) is -22.2. The van der Waals surface area contributed by atoms with Gasteiger partial charge in [-0.05, 0) is 63.2 Å². The monoisotopic (exact) mass is 1680 g/mol. The number of hydrogen-bond donors (Lipinski definition) is 20. The molecule has 630 valence electrons. The molecule has 2 aromatic rings. The van der Waals surface area contributed by atoms with Gasteiger partial charge in [0.1, 0.15) is 90.6 Å². The largest absolute Gasteiger partial charge is 0.481 e. The summed E-state index contributed by atoms with van der Waals surface area (Å²) >= 11 is 0. The Hall–Kier alpha value is -9.80. The van der Waals surface area contributed by atoms with Crippen molar-refractivity contribution in [3.63, 3.8) is 0 Å². The van der Waals surface area contributed by atoms with Crippen LogP contribution in [0, 0.1) is 17.8 Å². The number of nitrogens with two attached hydrogens (primary N) is 3. The van der Waals surface area contributed by atoms with Crippen molar-refractivity contribution >= 4 is 150 Å². The number of carboxylic acids is 1. The molecule has 0 aromatic carbocycles. The van der Waals surface area contributed by atoms with E-state index in [1.807, 2.05) is 0 Å². The van der Waals surface area contributed by atoms with E-state index < -0.39 is 259 Å². The second kappa shape index (κ2) is 45.3. The first-order valence-corrected chi connectivity index (χ1v) is 42.1. The van der Waals surface area contributed by atoms with Crippen molar-refractivity contribution in [1.29, 1.82) is 0 Å². The van der Waals surface area contributed by atoms with E-state index in [4.69, 9.17) is 17.2 Å². The average molecular weight is 1680 g/mol. The molecule has 114 heavy (non-hydrogen) atoms. The number of nitrogens with zero attached hydrogens (tertiary/aromatic N) is 4. The van der Waals surface area contributed by atoms with E-state index in [1.54, 1.807) is 27.7 Å². The van der Waals surface area contributed by atoms with Gasteiger partial charge in [0.25, 0.3) is 0 Å². The molecule has 0 saturated carbocycles. The maximum Gasteiger partial charge on any atom is 0.303 e. The number of carbonyl (C=O) groups is 18. The van der Waals surface area contributed by atoms with Gasteiger partial charge in [-0.1, -0.05) is 91.1 Å². The molecule has 42 nitrogen and oxygen atoms in total. The number of aromatic amines is 2. The molecule has 0 spiro atoms. The van der Waals surface area contributed by atoms with E-state index in [0.717, 1.165) is 48.1 Å². The molecule has 17 amide bonds. The zero-order valence-electron chi connectivity index (χ0n) is 64.0. The molecule has 4 aliphatic rings. The number of H-pyrrole nitrogens is 2. The molecular formula is C68H104N22O20S4. The molecule has 16 atom stereocenters. The summed E-state index contributed by atoms with van der Waals surface area (Å²) < 4.78 is 0. The summed E-state index contributed by atoms with van der Waals surface area (Å²) in [6.45, 7) is 8.97. The fraction of sp³-hybridized carbons (Fsp3) is 0.647. The van der Waals surface area contributed by atoms with Crippen LogP contribution in [0.4, 0.5) is 0 Å². The van der Waals surface area contributed by atoms with Crippen LogP contribution >= 0.6 is 43.2 Å². The third-order valence-electron chi connectivity index (χ3n) is 19.0. The summed E-state index contributed by atoms with van der Waals surface area (Å²) in [5, 5.41) is 53.6. The lowest BCUT2D eigenvalue weighted by Gasteiger charge is -2.31. The molecule has 0 radical (unpaired) electrons. The first-order chi connectivity index (χ1) is 54.0. The SMILES string of the molecule is CC[C@H](C)[C@@H]1NC(=O)[C@@H]2CSSC[C@@H](C(N)=O)NC(=O)[C@H](CC(C)C)NC(=O)[C@H](CCC(=O)O)NC(=O)[C@@H]3CCCN3C(=O)[C@H](Cc3cnc[nH]3)NC(=O)[C@H](CC(N)=O)NC(=O)[C@H](C(C)C)NC(=O)[C@H](CO)NC(=O)[C@H](CSSC[C@H](NC(=O)CN)C(=O)N2)NC(=O)[C@H](C)NC(=O)[C@@H]2CCCN2C(=O)[C@H](Cc2cnc[nH]2)NC1=O. The van der Waals surface area contributed by atoms with E-state index in [2.05, 4.69) is 89.1 Å². The van der Waals surface area contributed by atoms with Gasteiger partial charge in [-0.15, -0.1) is 0 Å². The van der Waals surface area contributed by atoms with Gasteiger partial charge in [0.15, 0.2) is 0 Å². The quantitative estimate of drug-likeness (QED) is 0.0617. The number of fused-ring (bicyclic) bond motifs is 10. The Morgan fingerprint density at radius 2 is 1.01 bits per heavy atom. The molecule has 0 unspecified atom stereocenters. The Balaban J connectivity index is 1.46. The van der Waals surface area contributed by atoms with E-state index >= 15 is 4.79 Å². The minimum Gasteiger partial charge on any atom is -0.481 e. The summed E-state index contributed by atoms with van der Waals surface area (Å²) in [4.78, 5) is 272. The standard InChI is InChI=1S/C68H104N22O20S4/c1-8-33(6)53-66(108)82-41(19-36-23-73-30-75-36)68(110)89-15-9-11-47(89)63(105)76-34(7)55(97)85-45-27-114-112-26-44(77-50(93)21-69)60(102)86-46(62(104)88-53)28-113-111-25-43(54(71)96)84-57(99)38(17-31(2)3)79-56(98)37(13-14-51(94)95)78-64(106)48-12-10-16-90(48)67(109)40(18-35-22-72-29-74-35)81-58(100)39(20-49(70)92)80-65(107)52(32(4)5)87-59(101)42(24-91)83-61(45)103/h22-23,29-34,37-48,52-53,91H,8-21,24-28,69H2,1-7H3,(H2,70,92)(H2,71,96)(H,72,74)(H,73,75)(H,76,105)(H,77,93)(H,78,106)(H,79,98)(H,80,107)(H,81,100)(H,82,108)(H,83,103)(H,84,99)(H,85,97)(H,86,102)(H,87,101)(H,88,104)(H,94,95)/t33-,34-,37-,38-,39-,40-,41-,42-,43-,44-,45-,46-,47-,48-,52-,53-/m0/s1. The van der Waals surface area contributed by atoms with Crippen molar-refractivity contribution in [3.8, 4) is 0 Å². The summed E-state index contributed by atoms with van der Waals surface area (Å²) in [6, 6.07) is -23.9. The first kappa shape index (κ1) is 93.1. The van der Waals surface area contributed by atoms with Gasteiger partial charge in [0.05, 0.1) is 32.2 Å². The number of nitrogens with one attached hydrogen (secondary N) is 15. The number of hydrogen-bond acceptors (Lipinski definition) is 26. The Bertz CT molecular complexity index is 3770. The van der Waals surface area contributed by atoms with Crippen molar-refractivity contribution in [2.24, 2.45) is 35.0 Å². The predicted molar refractivity (Wildman–Crippen MR) is 414 cm³/mol. The fourth-order valence-corrected chi connectivity index (χ4v) is 17.2. The van der Waals surface area contributed by atoms with Crippen molar-refractivity contribution in [1.82, 2.24) is 98.9 Å². The van der Waals surface area contributed by atoms with Crippen LogP contribution in [-0.2, 0) is 99.1 Å². The second-order valence-corrected chi connectivity index (χ2v) is 33.7. The maximum absolute atomic E-state index is 15.0. The molecule has 4 saturated heterocycles. The molecule has 6 heterocycles. The number of aliphatic hydroxyl groups is 1. The number of imidazole rings is 2. The van der Waals surface area contributed by atoms with E-state index in [1.165, 1.54) is 50.7 Å². The average Bonchev–Trinajstić information content (AvgIpc) is 1.63. The van der Waals surface area contributed by atoms with Gasteiger partial charge in [0, 0.05) is 79.1 Å². The van der Waals surface area contributed by atoms with Gasteiger partial charge in [-0.25, -0.2) is 9.97 Å². The fourth-order valence-electron chi connectivity index (χ4n) is 12.5. The zero-order valence-corrected chi connectivity index (χ0v) is 67.3. The van der Waals surface area contributed by atoms with Crippen LogP contribution in [0.3, 0.4) is 0 Å². The molecule has 0 aliphatic carbocycles. The van der Waals surface area contributed by atoms with Crippen LogP contribution in [0.5, 0.6) is 0 Å². The molecule has 6 rings (SSSR count). The van der Waals surface area contributed by atoms with Crippen LogP contribution in [0.1, 0.15) is 118 Å². The highest BCUT2D eigenvalue weighted by Gasteiger charge is 2.45. The van der Waals surface area contributed by atoms with Crippen molar-refractivity contribution in [2.75, 3.05) is 49.3 Å². The predicted octanol–water partition coefficient (Wildman–Crippen LogP) is -7.06. The van der Waals surface area contributed by atoms with Crippen LogP contribution in [-0.4, -0.2) is 286 Å². The van der Waals surface area contributed by atoms with Gasteiger partial charge < -0.3 is 116 Å². The number of amides is 17. The summed E-state index contributed by atoms with van der Waals surface area (Å²) in [5.41, 5.74) is 17.8. The van der Waals surface area contributed by atoms with Crippen LogP contribution < -0.4 is 86.3 Å². The van der Waals surface area contributed by atoms with E-state index in [0.29, 0.717) is 5.69 Å². The van der Waals surface area contributed by atoms with Crippen LogP contribution in [0.2, 0.25) is 0 Å². The number of rotatable bonds is 18. The number of aliphatic hydroxyl groups excluding tert-OH is 1. The molecule has 46 heteroatoms. The summed E-state index contributed by atoms with van der Waals surface area (Å²) in [6.07, 6.45) is 3.17. The van der Waals surface area contributed by atoms with Crippen LogP contribution in [0.15, 0.2) is 25.0 Å². The van der Waals surface area contributed by atoms with Gasteiger partial charge in [0.2, 0.25) is 100 Å². The minimum atomic E-state index is -1.94. The second-order valence-electron chi connectivity index (χ2n) is 28.6. The third kappa shape index (κ3) is 28.0. The zero-order chi connectivity index (χ0) is 84.2. The highest BCUT2D eigenvalue weighted by molar-refractivity contribution is 8.77. The van der Waals surface area contributed by atoms with Gasteiger partial charge >= 0.3 is 5.97 Å². The van der Waals surface area contributed by atoms with Crippen molar-refractivity contribution in [3.05, 3.63) is 36.4 Å². The van der Waals surface area contributed by atoms with Crippen LogP contribution in [0.25, 0.3) is 0 Å². The molecular weight excluding hydrogens is 1570 g/mol. The Morgan fingerprint density at radius 1 is 0.544 bits per heavy atom. The first-order valence-electron chi connectivity index (χ1n) is 37.1. The molecule has 23 N–H and O–H groups in total. The number of aromatic nitrogens is 4. The highest BCUT2D eigenvalue weighted by atomic mass is 33.1. The van der Waals surface area contributed by atoms with E-state index in [9.17, 15) is 91.7 Å². The smallest absolute Gasteiger partial charge is 0.303 e. The molecule has 4 aliphatic heterocycles. The van der Waals surface area contributed by atoms with Crippen molar-refractivity contribution < 1.29 is 96.5 Å². The third-order valence-corrected chi connectivity index (χ3v) is 23.8. The normalized spacial score (nSPS) is 28.0. The molecule has 2 bridgehead atoms. The molecule has 4 fully saturated rings. The topological polar surface area (TPSA) is 646 Å². The van der Waals surface area contributed by atoms with E-state index in [-0.39, 0.29) is 81.8 Å². The number of carboxylic acid groups (broad SMARTS) is 1. The highest BCUT2D eigenvalue weighted by Crippen LogP contribution is 2.28. The lowest BCUT2D eigenvalue weighted by atomic mass is 9.97. The van der Waals surface area contributed by atoms with Gasteiger partial charge in [-0.3, -0.25) is 86.3 Å². The number of carbonyl (C=O) groups excluding carboxylic acids is 17. The summed E-state index contributed by atoms with van der Waals surface area (Å²) in [7, 11) is 3.37. The Kier molecular flexibility index (Phi) is 37.0. The Labute approximate surface area is 671 Å². The van der Waals surface area contributed by atoms with Gasteiger partial charge in [-0.2, -0.15) is 0 Å². The minimum absolute atomic E-state index is 0.00542. The maximum atomic E-state index is 15.0. The van der Waals surface area contributed by atoms with Crippen molar-refractivity contribution in [2.45, 2.75) is 210 Å². The number of primary amides is 2. The lowest BCUT2D eigenvalue weighted by molar-refractivity contribution is -0.143. The lowest BCUT2D eigenvalue weighted by Crippen LogP contribution is -2.62. The number of aliphatic carboxylic acids is 1.